The Morgan fingerprint density at radius 2 is 2.05 bits per heavy atom. The van der Waals surface area contributed by atoms with Crippen LogP contribution in [-0.2, 0) is 13.1 Å². The van der Waals surface area contributed by atoms with Crippen molar-refractivity contribution >= 4 is 5.97 Å². The summed E-state index contributed by atoms with van der Waals surface area (Å²) in [5, 5.41) is 8.87. The number of aromatic carboxylic acids is 1. The maximum atomic E-state index is 13.3. The maximum Gasteiger partial charge on any atom is 0.338 e. The third-order valence-electron chi connectivity index (χ3n) is 2.75. The molecule has 0 spiro atoms. The van der Waals surface area contributed by atoms with E-state index < -0.39 is 11.8 Å². The van der Waals surface area contributed by atoms with Gasteiger partial charge in [0.05, 0.1) is 18.1 Å². The fourth-order valence-corrected chi connectivity index (χ4v) is 1.90. The largest absolute Gasteiger partial charge is 0.478 e. The first-order valence-electron chi connectivity index (χ1n) is 5.77. The predicted octanol–water partition coefficient (Wildman–Crippen LogP) is 2.75. The molecule has 1 heterocycles. The molecule has 0 amide bonds. The standard InChI is InChI=1S/C14H14FNO3/c1-16(8-11-4-5-19-9-11)7-10-2-3-13(15)12(6-10)14(17)18/h2-6,9H,7-8H2,1H3,(H,17,18). The van der Waals surface area contributed by atoms with Gasteiger partial charge in [0.15, 0.2) is 0 Å². The minimum Gasteiger partial charge on any atom is -0.478 e. The highest BCUT2D eigenvalue weighted by Gasteiger charge is 2.11. The van der Waals surface area contributed by atoms with Crippen molar-refractivity contribution in [2.75, 3.05) is 7.05 Å². The number of halogens is 1. The number of carboxylic acids is 1. The second-order valence-electron chi connectivity index (χ2n) is 4.42. The van der Waals surface area contributed by atoms with Crippen molar-refractivity contribution in [2.24, 2.45) is 0 Å². The van der Waals surface area contributed by atoms with E-state index >= 15 is 0 Å². The molecule has 100 valence electrons. The molecule has 0 aliphatic rings. The first-order valence-corrected chi connectivity index (χ1v) is 5.77. The van der Waals surface area contributed by atoms with Gasteiger partial charge >= 0.3 is 5.97 Å². The summed E-state index contributed by atoms with van der Waals surface area (Å²) >= 11 is 0. The molecule has 0 bridgehead atoms. The van der Waals surface area contributed by atoms with Crippen LogP contribution >= 0.6 is 0 Å². The van der Waals surface area contributed by atoms with Gasteiger partial charge in [0.1, 0.15) is 5.82 Å². The molecular formula is C14H14FNO3. The number of carboxylic acid groups (broad SMARTS) is 1. The van der Waals surface area contributed by atoms with E-state index in [0.717, 1.165) is 11.1 Å². The number of rotatable bonds is 5. The molecule has 0 radical (unpaired) electrons. The topological polar surface area (TPSA) is 53.7 Å². The molecule has 2 aromatic rings. The number of hydrogen-bond acceptors (Lipinski definition) is 3. The quantitative estimate of drug-likeness (QED) is 0.901. The Bertz CT molecular complexity index is 566. The van der Waals surface area contributed by atoms with Crippen LogP contribution in [0.25, 0.3) is 0 Å². The molecule has 0 aliphatic heterocycles. The zero-order chi connectivity index (χ0) is 13.8. The van der Waals surface area contributed by atoms with Crippen molar-refractivity contribution in [1.29, 1.82) is 0 Å². The Balaban J connectivity index is 2.06. The van der Waals surface area contributed by atoms with Crippen molar-refractivity contribution in [2.45, 2.75) is 13.1 Å². The molecule has 0 unspecified atom stereocenters. The highest BCUT2D eigenvalue weighted by Crippen LogP contribution is 2.13. The molecule has 5 heteroatoms. The van der Waals surface area contributed by atoms with Crippen LogP contribution in [0.2, 0.25) is 0 Å². The van der Waals surface area contributed by atoms with Crippen LogP contribution in [0, 0.1) is 5.82 Å². The van der Waals surface area contributed by atoms with E-state index in [1.807, 2.05) is 18.0 Å². The minimum absolute atomic E-state index is 0.297. The Hall–Kier alpha value is -2.14. The summed E-state index contributed by atoms with van der Waals surface area (Å²) in [5.74, 6) is -1.97. The van der Waals surface area contributed by atoms with Gasteiger partial charge in [-0.2, -0.15) is 0 Å². The predicted molar refractivity (Wildman–Crippen MR) is 67.2 cm³/mol. The average molecular weight is 263 g/mol. The van der Waals surface area contributed by atoms with E-state index in [4.69, 9.17) is 9.52 Å². The number of furan rings is 1. The Morgan fingerprint density at radius 1 is 1.32 bits per heavy atom. The van der Waals surface area contributed by atoms with Crippen LogP contribution in [0.5, 0.6) is 0 Å². The summed E-state index contributed by atoms with van der Waals surface area (Å²) in [5.41, 5.74) is 1.49. The second kappa shape index (κ2) is 5.67. The number of benzene rings is 1. The van der Waals surface area contributed by atoms with E-state index in [0.29, 0.717) is 13.1 Å². The SMILES string of the molecule is CN(Cc1ccoc1)Cc1ccc(F)c(C(=O)O)c1. The molecule has 0 atom stereocenters. The van der Waals surface area contributed by atoms with E-state index in [1.54, 1.807) is 18.6 Å². The van der Waals surface area contributed by atoms with Gasteiger partial charge in [0.2, 0.25) is 0 Å². The number of carbonyl (C=O) groups is 1. The van der Waals surface area contributed by atoms with E-state index in [9.17, 15) is 9.18 Å². The third-order valence-corrected chi connectivity index (χ3v) is 2.75. The molecular weight excluding hydrogens is 249 g/mol. The first-order chi connectivity index (χ1) is 9.06. The van der Waals surface area contributed by atoms with Crippen molar-refractivity contribution in [1.82, 2.24) is 4.90 Å². The summed E-state index contributed by atoms with van der Waals surface area (Å²) in [6, 6.07) is 6.01. The van der Waals surface area contributed by atoms with Crippen LogP contribution in [0.3, 0.4) is 0 Å². The monoisotopic (exact) mass is 263 g/mol. The van der Waals surface area contributed by atoms with Crippen LogP contribution < -0.4 is 0 Å². The van der Waals surface area contributed by atoms with Crippen LogP contribution in [0.15, 0.2) is 41.2 Å². The van der Waals surface area contributed by atoms with Gasteiger partial charge in [-0.25, -0.2) is 9.18 Å². The smallest absolute Gasteiger partial charge is 0.338 e. The normalized spacial score (nSPS) is 10.9. The van der Waals surface area contributed by atoms with Crippen LogP contribution in [-0.4, -0.2) is 23.0 Å². The van der Waals surface area contributed by atoms with Crippen molar-refractivity contribution in [3.63, 3.8) is 0 Å². The van der Waals surface area contributed by atoms with Gasteiger partial charge < -0.3 is 9.52 Å². The van der Waals surface area contributed by atoms with Crippen LogP contribution in [0.1, 0.15) is 21.5 Å². The fraction of sp³-hybridized carbons (Fsp3) is 0.214. The number of hydrogen-bond donors (Lipinski definition) is 1. The lowest BCUT2D eigenvalue weighted by Gasteiger charge is -2.16. The van der Waals surface area contributed by atoms with Gasteiger partial charge in [-0.3, -0.25) is 4.90 Å². The van der Waals surface area contributed by atoms with E-state index in [2.05, 4.69) is 0 Å². The lowest BCUT2D eigenvalue weighted by Crippen LogP contribution is -2.17. The summed E-state index contributed by atoms with van der Waals surface area (Å²) in [6.07, 6.45) is 3.26. The lowest BCUT2D eigenvalue weighted by atomic mass is 10.1. The van der Waals surface area contributed by atoms with Crippen LogP contribution in [0.4, 0.5) is 4.39 Å². The van der Waals surface area contributed by atoms with Crippen molar-refractivity contribution in [3.05, 3.63) is 59.3 Å². The van der Waals surface area contributed by atoms with Gasteiger partial charge in [0, 0.05) is 18.7 Å². The van der Waals surface area contributed by atoms with Crippen molar-refractivity contribution in [3.8, 4) is 0 Å². The highest BCUT2D eigenvalue weighted by molar-refractivity contribution is 5.88. The summed E-state index contributed by atoms with van der Waals surface area (Å²) in [4.78, 5) is 12.8. The average Bonchev–Trinajstić information content (AvgIpc) is 2.84. The second-order valence-corrected chi connectivity index (χ2v) is 4.42. The minimum atomic E-state index is -1.25. The zero-order valence-electron chi connectivity index (χ0n) is 10.5. The molecule has 0 aliphatic carbocycles. The first kappa shape index (κ1) is 13.3. The summed E-state index contributed by atoms with van der Waals surface area (Å²) in [7, 11) is 1.90. The van der Waals surface area contributed by atoms with Gasteiger partial charge in [-0.1, -0.05) is 6.07 Å². The van der Waals surface area contributed by atoms with Gasteiger partial charge in [0.25, 0.3) is 0 Å². The molecule has 1 aromatic heterocycles. The molecule has 0 fully saturated rings. The van der Waals surface area contributed by atoms with E-state index in [1.165, 1.54) is 12.1 Å². The molecule has 0 saturated carbocycles. The molecule has 4 nitrogen and oxygen atoms in total. The van der Waals surface area contributed by atoms with Gasteiger partial charge in [-0.15, -0.1) is 0 Å². The van der Waals surface area contributed by atoms with Gasteiger partial charge in [-0.05, 0) is 30.8 Å². The Kier molecular flexibility index (Phi) is 3.97. The number of nitrogens with zero attached hydrogens (tertiary/aromatic N) is 1. The molecule has 1 N–H and O–H groups in total. The van der Waals surface area contributed by atoms with Crippen molar-refractivity contribution < 1.29 is 18.7 Å². The molecule has 19 heavy (non-hydrogen) atoms. The lowest BCUT2D eigenvalue weighted by molar-refractivity contribution is 0.0691. The highest BCUT2D eigenvalue weighted by atomic mass is 19.1. The third kappa shape index (κ3) is 3.42. The summed E-state index contributed by atoms with van der Waals surface area (Å²) in [6.45, 7) is 1.21. The fourth-order valence-electron chi connectivity index (χ4n) is 1.90. The Labute approximate surface area is 110 Å². The van der Waals surface area contributed by atoms with E-state index in [-0.39, 0.29) is 5.56 Å². The molecule has 0 saturated heterocycles. The maximum absolute atomic E-state index is 13.3. The molecule has 1 aromatic carbocycles. The zero-order valence-corrected chi connectivity index (χ0v) is 10.5. The molecule has 2 rings (SSSR count). The summed E-state index contributed by atoms with van der Waals surface area (Å²) < 4.78 is 18.2. The Morgan fingerprint density at radius 3 is 2.68 bits per heavy atom.